The molecule has 0 saturated heterocycles. The first-order valence-corrected chi connectivity index (χ1v) is 9.74. The second-order valence-electron chi connectivity index (χ2n) is 6.62. The van der Waals surface area contributed by atoms with E-state index in [4.69, 9.17) is 4.74 Å². The standard InChI is InChI=1S/C18H30N4O2S.HI/c1-21(2)17(23)13-20-18(19-9-8-16-5-4-12-25-16)22(3)10-11-24-14-15-6-7-15;/h4-5,12,15H,6-11,13-14H2,1-3H3,(H,19,20);1H. The molecule has 1 aliphatic rings. The number of aliphatic imine (C=N–C) groups is 1. The second-order valence-corrected chi connectivity index (χ2v) is 7.66. The monoisotopic (exact) mass is 494 g/mol. The molecule has 1 aliphatic carbocycles. The van der Waals surface area contributed by atoms with E-state index in [1.54, 1.807) is 30.3 Å². The third-order valence-corrected chi connectivity index (χ3v) is 5.02. The molecule has 0 radical (unpaired) electrons. The number of nitrogens with one attached hydrogen (secondary N) is 1. The van der Waals surface area contributed by atoms with Gasteiger partial charge in [-0.25, -0.2) is 4.99 Å². The lowest BCUT2D eigenvalue weighted by atomic mass is 10.3. The van der Waals surface area contributed by atoms with Crippen LogP contribution in [0.15, 0.2) is 22.5 Å². The number of halogens is 1. The number of thiophene rings is 1. The van der Waals surface area contributed by atoms with Gasteiger partial charge >= 0.3 is 0 Å². The molecule has 0 bridgehead atoms. The molecule has 26 heavy (non-hydrogen) atoms. The number of carbonyl (C=O) groups is 1. The van der Waals surface area contributed by atoms with Crippen molar-refractivity contribution >= 4 is 47.2 Å². The van der Waals surface area contributed by atoms with Crippen LogP contribution in [0.4, 0.5) is 0 Å². The first-order chi connectivity index (χ1) is 12.1. The van der Waals surface area contributed by atoms with Crippen molar-refractivity contribution in [1.29, 1.82) is 0 Å². The van der Waals surface area contributed by atoms with Crippen LogP contribution < -0.4 is 5.32 Å². The predicted octanol–water partition coefficient (Wildman–Crippen LogP) is 2.30. The summed E-state index contributed by atoms with van der Waals surface area (Å²) in [7, 11) is 5.48. The number of hydrogen-bond donors (Lipinski definition) is 1. The van der Waals surface area contributed by atoms with Crippen molar-refractivity contribution in [3.63, 3.8) is 0 Å². The number of nitrogens with zero attached hydrogens (tertiary/aromatic N) is 3. The van der Waals surface area contributed by atoms with Gasteiger partial charge in [0.15, 0.2) is 5.96 Å². The molecule has 0 unspecified atom stereocenters. The van der Waals surface area contributed by atoms with E-state index in [9.17, 15) is 4.79 Å². The van der Waals surface area contributed by atoms with Gasteiger partial charge in [-0.15, -0.1) is 35.3 Å². The van der Waals surface area contributed by atoms with Crippen LogP contribution in [0.5, 0.6) is 0 Å². The van der Waals surface area contributed by atoms with E-state index >= 15 is 0 Å². The molecule has 6 nitrogen and oxygen atoms in total. The van der Waals surface area contributed by atoms with Crippen molar-refractivity contribution in [2.24, 2.45) is 10.9 Å². The Bertz CT molecular complexity index is 547. The Morgan fingerprint density at radius 3 is 2.77 bits per heavy atom. The van der Waals surface area contributed by atoms with Crippen LogP contribution in [0, 0.1) is 5.92 Å². The van der Waals surface area contributed by atoms with Crippen molar-refractivity contribution in [3.05, 3.63) is 22.4 Å². The van der Waals surface area contributed by atoms with E-state index in [-0.39, 0.29) is 36.4 Å². The number of carbonyl (C=O) groups excluding carboxylic acids is 1. The van der Waals surface area contributed by atoms with Crippen molar-refractivity contribution in [2.45, 2.75) is 19.3 Å². The molecule has 0 atom stereocenters. The average Bonchev–Trinajstić information content (AvgIpc) is 3.27. The van der Waals surface area contributed by atoms with Crippen LogP contribution in [0.3, 0.4) is 0 Å². The summed E-state index contributed by atoms with van der Waals surface area (Å²) in [5.74, 6) is 1.53. The van der Waals surface area contributed by atoms with E-state index in [1.165, 1.54) is 17.7 Å². The van der Waals surface area contributed by atoms with Gasteiger partial charge in [-0.1, -0.05) is 6.07 Å². The quantitative estimate of drug-likeness (QED) is 0.235. The summed E-state index contributed by atoms with van der Waals surface area (Å²) in [5, 5.41) is 5.46. The number of amides is 1. The largest absolute Gasteiger partial charge is 0.379 e. The molecular formula is C18H31IN4O2S. The van der Waals surface area contributed by atoms with Crippen molar-refractivity contribution in [2.75, 3.05) is 54.0 Å². The molecule has 1 heterocycles. The van der Waals surface area contributed by atoms with Gasteiger partial charge < -0.3 is 19.9 Å². The molecule has 1 saturated carbocycles. The molecule has 0 aromatic carbocycles. The Labute approximate surface area is 178 Å². The van der Waals surface area contributed by atoms with Crippen LogP contribution in [0.25, 0.3) is 0 Å². The zero-order chi connectivity index (χ0) is 18.1. The first kappa shape index (κ1) is 23.2. The Morgan fingerprint density at radius 2 is 2.15 bits per heavy atom. The van der Waals surface area contributed by atoms with Crippen LogP contribution in [-0.4, -0.2) is 75.7 Å². The Hall–Kier alpha value is -0.870. The Balaban J connectivity index is 0.00000338. The predicted molar refractivity (Wildman–Crippen MR) is 119 cm³/mol. The van der Waals surface area contributed by atoms with Gasteiger partial charge in [0.2, 0.25) is 5.91 Å². The van der Waals surface area contributed by atoms with Crippen LogP contribution >= 0.6 is 35.3 Å². The fourth-order valence-electron chi connectivity index (χ4n) is 2.19. The van der Waals surface area contributed by atoms with Crippen molar-refractivity contribution in [1.82, 2.24) is 15.1 Å². The highest BCUT2D eigenvalue weighted by Gasteiger charge is 2.21. The van der Waals surface area contributed by atoms with Crippen molar-refractivity contribution < 1.29 is 9.53 Å². The average molecular weight is 494 g/mol. The molecular weight excluding hydrogens is 463 g/mol. The molecule has 1 aromatic heterocycles. The summed E-state index contributed by atoms with van der Waals surface area (Å²) in [6.45, 7) is 3.25. The smallest absolute Gasteiger partial charge is 0.243 e. The highest BCUT2D eigenvalue weighted by atomic mass is 127. The van der Waals surface area contributed by atoms with E-state index in [0.29, 0.717) is 6.61 Å². The Kier molecular flexibility index (Phi) is 11.1. The molecule has 2 rings (SSSR count). The van der Waals surface area contributed by atoms with E-state index < -0.39 is 0 Å². The maximum Gasteiger partial charge on any atom is 0.243 e. The van der Waals surface area contributed by atoms with Gasteiger partial charge in [0, 0.05) is 45.7 Å². The maximum absolute atomic E-state index is 11.8. The topological polar surface area (TPSA) is 57.2 Å². The third kappa shape index (κ3) is 9.18. The molecule has 8 heteroatoms. The SMILES string of the molecule is CN(C)C(=O)CN=C(NCCc1cccs1)N(C)CCOCC1CC1.I. The van der Waals surface area contributed by atoms with E-state index in [2.05, 4.69) is 27.8 Å². The van der Waals surface area contributed by atoms with Crippen LogP contribution in [-0.2, 0) is 16.0 Å². The normalized spacial score (nSPS) is 13.9. The molecule has 1 amide bonds. The molecule has 1 N–H and O–H groups in total. The molecule has 0 aliphatic heterocycles. The number of rotatable bonds is 10. The second kappa shape index (κ2) is 12.5. The van der Waals surface area contributed by atoms with E-state index in [0.717, 1.165) is 38.0 Å². The minimum absolute atomic E-state index is 0. The number of likely N-dealkylation sites (N-methyl/N-ethyl adjacent to an activating group) is 2. The molecule has 148 valence electrons. The summed E-state index contributed by atoms with van der Waals surface area (Å²) < 4.78 is 5.71. The third-order valence-electron chi connectivity index (χ3n) is 4.08. The lowest BCUT2D eigenvalue weighted by Gasteiger charge is -2.22. The number of hydrogen-bond acceptors (Lipinski definition) is 4. The minimum atomic E-state index is -0.00376. The number of guanidine groups is 1. The lowest BCUT2D eigenvalue weighted by Crippen LogP contribution is -2.42. The van der Waals surface area contributed by atoms with Gasteiger partial charge in [-0.05, 0) is 36.6 Å². The minimum Gasteiger partial charge on any atom is -0.379 e. The fourth-order valence-corrected chi connectivity index (χ4v) is 2.90. The maximum atomic E-state index is 11.8. The van der Waals surface area contributed by atoms with Gasteiger partial charge in [0.25, 0.3) is 0 Å². The number of ether oxygens (including phenoxy) is 1. The zero-order valence-electron chi connectivity index (χ0n) is 15.9. The lowest BCUT2D eigenvalue weighted by molar-refractivity contribution is -0.127. The highest BCUT2D eigenvalue weighted by molar-refractivity contribution is 14.0. The van der Waals surface area contributed by atoms with Gasteiger partial charge in [-0.3, -0.25) is 4.79 Å². The molecule has 0 spiro atoms. The van der Waals surface area contributed by atoms with Crippen molar-refractivity contribution in [3.8, 4) is 0 Å². The van der Waals surface area contributed by atoms with Gasteiger partial charge in [0.05, 0.1) is 6.61 Å². The summed E-state index contributed by atoms with van der Waals surface area (Å²) in [5.41, 5.74) is 0. The Morgan fingerprint density at radius 1 is 1.38 bits per heavy atom. The molecule has 1 aromatic rings. The van der Waals surface area contributed by atoms with E-state index in [1.807, 2.05) is 11.9 Å². The first-order valence-electron chi connectivity index (χ1n) is 8.86. The zero-order valence-corrected chi connectivity index (χ0v) is 19.1. The summed E-state index contributed by atoms with van der Waals surface area (Å²) in [6.07, 6.45) is 3.56. The van der Waals surface area contributed by atoms with Crippen LogP contribution in [0.2, 0.25) is 0 Å². The summed E-state index contributed by atoms with van der Waals surface area (Å²) in [6, 6.07) is 4.20. The summed E-state index contributed by atoms with van der Waals surface area (Å²) in [4.78, 5) is 21.2. The molecule has 1 fully saturated rings. The van der Waals surface area contributed by atoms with Gasteiger partial charge in [0.1, 0.15) is 6.54 Å². The van der Waals surface area contributed by atoms with Gasteiger partial charge in [-0.2, -0.15) is 0 Å². The summed E-state index contributed by atoms with van der Waals surface area (Å²) >= 11 is 1.76. The fraction of sp³-hybridized carbons (Fsp3) is 0.667. The highest BCUT2D eigenvalue weighted by Crippen LogP contribution is 2.28. The van der Waals surface area contributed by atoms with Crippen LogP contribution in [0.1, 0.15) is 17.7 Å².